The zero-order chi connectivity index (χ0) is 20.3. The highest BCUT2D eigenvalue weighted by atomic mass is 35.5. The molecule has 1 aliphatic rings. The molecule has 29 heavy (non-hydrogen) atoms. The van der Waals surface area contributed by atoms with Crippen LogP contribution in [-0.4, -0.2) is 26.1 Å². The molecule has 3 heterocycles. The van der Waals surface area contributed by atoms with Gasteiger partial charge in [-0.2, -0.15) is 4.98 Å². The van der Waals surface area contributed by atoms with Gasteiger partial charge in [-0.3, -0.25) is 14.6 Å². The third-order valence-electron chi connectivity index (χ3n) is 4.84. The molecule has 0 atom stereocenters. The maximum absolute atomic E-state index is 12.7. The number of carbonyl (C=O) groups excluding carboxylic acids is 2. The van der Waals surface area contributed by atoms with Crippen LogP contribution in [0.4, 0.5) is 0 Å². The second kappa shape index (κ2) is 6.40. The molecule has 0 unspecified atom stereocenters. The molecule has 1 aromatic carbocycles. The van der Waals surface area contributed by atoms with Gasteiger partial charge in [0.15, 0.2) is 11.6 Å². The van der Waals surface area contributed by atoms with Crippen molar-refractivity contribution < 1.29 is 14.0 Å². The highest BCUT2D eigenvalue weighted by Crippen LogP contribution is 2.35. The summed E-state index contributed by atoms with van der Waals surface area (Å²) in [5.41, 5.74) is 2.47. The number of nitrogens with zero attached hydrogens (tertiary/aromatic N) is 3. The van der Waals surface area contributed by atoms with E-state index in [2.05, 4.69) is 9.97 Å². The van der Waals surface area contributed by atoms with Crippen LogP contribution < -0.4 is 0 Å². The summed E-state index contributed by atoms with van der Waals surface area (Å²) in [7, 11) is 1.86. The van der Waals surface area contributed by atoms with Gasteiger partial charge in [-0.1, -0.05) is 23.2 Å². The number of ketones is 2. The lowest BCUT2D eigenvalue weighted by molar-refractivity contribution is 0.0990. The summed E-state index contributed by atoms with van der Waals surface area (Å²) in [5, 5.41) is 0.451. The van der Waals surface area contributed by atoms with Gasteiger partial charge in [0, 0.05) is 42.2 Å². The Hall–Kier alpha value is -3.22. The Balaban J connectivity index is 1.56. The standard InChI is InChI=1S/C21H11Cl2N3O3/c1-26-17-6-11(29-21(17)25-20(26)10-3-2-4-24-9-10)5-14-18(27)12-7-15(22)16(23)8-13(12)19(14)28/h2-9H,1H3. The highest BCUT2D eigenvalue weighted by Gasteiger charge is 2.34. The van der Waals surface area contributed by atoms with E-state index in [0.717, 1.165) is 11.1 Å². The molecule has 0 spiro atoms. The van der Waals surface area contributed by atoms with Gasteiger partial charge in [0.05, 0.1) is 15.6 Å². The fourth-order valence-corrected chi connectivity index (χ4v) is 3.74. The molecule has 0 saturated heterocycles. The summed E-state index contributed by atoms with van der Waals surface area (Å²) in [6, 6.07) is 8.30. The fraction of sp³-hybridized carbons (Fsp3) is 0.0476. The number of Topliss-reactive ketones (excluding diaryl/α,β-unsaturated/α-hetero) is 2. The van der Waals surface area contributed by atoms with E-state index in [4.69, 9.17) is 27.6 Å². The fourth-order valence-electron chi connectivity index (χ4n) is 3.41. The molecule has 0 amide bonds. The van der Waals surface area contributed by atoms with Crippen LogP contribution in [0.2, 0.25) is 10.0 Å². The van der Waals surface area contributed by atoms with E-state index < -0.39 is 11.6 Å². The number of imidazole rings is 1. The number of rotatable bonds is 2. The van der Waals surface area contributed by atoms with Crippen LogP contribution in [0.1, 0.15) is 26.5 Å². The number of hydrogen-bond donors (Lipinski definition) is 0. The summed E-state index contributed by atoms with van der Waals surface area (Å²) in [6.45, 7) is 0. The molecule has 0 N–H and O–H groups in total. The number of aromatic nitrogens is 3. The number of benzene rings is 1. The summed E-state index contributed by atoms with van der Waals surface area (Å²) in [6.07, 6.45) is 4.83. The van der Waals surface area contributed by atoms with Crippen LogP contribution in [0.25, 0.3) is 28.7 Å². The second-order valence-electron chi connectivity index (χ2n) is 6.60. The monoisotopic (exact) mass is 423 g/mol. The van der Waals surface area contributed by atoms with Crippen LogP contribution in [0.5, 0.6) is 0 Å². The van der Waals surface area contributed by atoms with Crippen LogP contribution in [-0.2, 0) is 7.05 Å². The largest absolute Gasteiger partial charge is 0.437 e. The van der Waals surface area contributed by atoms with Gasteiger partial charge in [-0.25, -0.2) is 0 Å². The van der Waals surface area contributed by atoms with Gasteiger partial charge >= 0.3 is 0 Å². The maximum atomic E-state index is 12.7. The van der Waals surface area contributed by atoms with E-state index in [9.17, 15) is 9.59 Å². The lowest BCUT2D eigenvalue weighted by Crippen LogP contribution is -1.99. The first-order chi connectivity index (χ1) is 13.9. The Morgan fingerprint density at radius 1 is 1.07 bits per heavy atom. The van der Waals surface area contributed by atoms with E-state index in [1.165, 1.54) is 18.2 Å². The first-order valence-electron chi connectivity index (χ1n) is 8.61. The van der Waals surface area contributed by atoms with E-state index in [0.29, 0.717) is 17.3 Å². The molecule has 0 fully saturated rings. The van der Waals surface area contributed by atoms with Crippen LogP contribution in [0.15, 0.2) is 52.7 Å². The van der Waals surface area contributed by atoms with Crippen molar-refractivity contribution in [3.05, 3.63) is 75.2 Å². The number of pyridine rings is 1. The van der Waals surface area contributed by atoms with Crippen molar-refractivity contribution in [1.82, 2.24) is 14.5 Å². The van der Waals surface area contributed by atoms with Gasteiger partial charge in [-0.15, -0.1) is 0 Å². The minimum atomic E-state index is -0.409. The number of hydrogen-bond acceptors (Lipinski definition) is 5. The zero-order valence-corrected chi connectivity index (χ0v) is 16.5. The number of allylic oxidation sites excluding steroid dienone is 1. The van der Waals surface area contributed by atoms with Crippen molar-refractivity contribution >= 4 is 52.1 Å². The molecular formula is C21H11Cl2N3O3. The number of fused-ring (bicyclic) bond motifs is 2. The predicted octanol–water partition coefficient (Wildman–Crippen LogP) is 5.00. The Bertz CT molecular complexity index is 1320. The van der Waals surface area contributed by atoms with Crippen LogP contribution >= 0.6 is 23.2 Å². The van der Waals surface area contributed by atoms with Gasteiger partial charge < -0.3 is 8.98 Å². The number of halogens is 2. The quantitative estimate of drug-likeness (QED) is 0.334. The minimum absolute atomic E-state index is 0.00451. The molecule has 0 bridgehead atoms. The van der Waals surface area contributed by atoms with E-state index in [1.807, 2.05) is 23.7 Å². The molecule has 8 heteroatoms. The first-order valence-corrected chi connectivity index (χ1v) is 9.36. The first kappa shape index (κ1) is 17.8. The smallest absolute Gasteiger partial charge is 0.245 e. The third-order valence-corrected chi connectivity index (χ3v) is 5.57. The summed E-state index contributed by atoms with van der Waals surface area (Å²) >= 11 is 12.0. The van der Waals surface area contributed by atoms with Crippen molar-refractivity contribution in [2.75, 3.05) is 0 Å². The van der Waals surface area contributed by atoms with Gasteiger partial charge in [0.2, 0.25) is 5.71 Å². The molecule has 3 aromatic heterocycles. The van der Waals surface area contributed by atoms with Crippen LogP contribution in [0.3, 0.4) is 0 Å². The molecule has 0 aliphatic heterocycles. The van der Waals surface area contributed by atoms with Crippen molar-refractivity contribution in [3.8, 4) is 11.4 Å². The molecule has 142 valence electrons. The highest BCUT2D eigenvalue weighted by molar-refractivity contribution is 6.46. The number of aryl methyl sites for hydroxylation is 1. The van der Waals surface area contributed by atoms with E-state index >= 15 is 0 Å². The molecular weight excluding hydrogens is 413 g/mol. The summed E-state index contributed by atoms with van der Waals surface area (Å²) in [4.78, 5) is 34.0. The molecule has 6 nitrogen and oxygen atoms in total. The Morgan fingerprint density at radius 3 is 2.34 bits per heavy atom. The molecule has 5 rings (SSSR count). The van der Waals surface area contributed by atoms with E-state index in [-0.39, 0.29) is 26.7 Å². The van der Waals surface area contributed by atoms with Crippen molar-refractivity contribution in [3.63, 3.8) is 0 Å². The predicted molar refractivity (Wildman–Crippen MR) is 109 cm³/mol. The molecule has 1 aliphatic carbocycles. The normalized spacial score (nSPS) is 13.4. The zero-order valence-electron chi connectivity index (χ0n) is 14.9. The van der Waals surface area contributed by atoms with Crippen molar-refractivity contribution in [1.29, 1.82) is 0 Å². The van der Waals surface area contributed by atoms with Crippen molar-refractivity contribution in [2.45, 2.75) is 0 Å². The minimum Gasteiger partial charge on any atom is -0.437 e. The molecule has 0 radical (unpaired) electrons. The second-order valence-corrected chi connectivity index (χ2v) is 7.42. The maximum Gasteiger partial charge on any atom is 0.245 e. The molecule has 4 aromatic rings. The lowest BCUT2D eigenvalue weighted by atomic mass is 10.1. The lowest BCUT2D eigenvalue weighted by Gasteiger charge is -2.00. The number of furan rings is 1. The van der Waals surface area contributed by atoms with Gasteiger partial charge in [-0.05, 0) is 30.3 Å². The Kier molecular flexibility index (Phi) is 3.94. The summed E-state index contributed by atoms with van der Waals surface area (Å²) < 4.78 is 7.64. The third kappa shape index (κ3) is 2.72. The van der Waals surface area contributed by atoms with Crippen molar-refractivity contribution in [2.24, 2.45) is 7.05 Å². The van der Waals surface area contributed by atoms with Gasteiger partial charge in [0.1, 0.15) is 17.1 Å². The van der Waals surface area contributed by atoms with Gasteiger partial charge in [0.25, 0.3) is 0 Å². The number of carbonyl (C=O) groups is 2. The Morgan fingerprint density at radius 2 is 1.76 bits per heavy atom. The summed E-state index contributed by atoms with van der Waals surface area (Å²) in [5.74, 6) is 0.245. The van der Waals surface area contributed by atoms with Crippen LogP contribution in [0, 0.1) is 0 Å². The average Bonchev–Trinajstić information content (AvgIpc) is 3.32. The Labute approximate surface area is 174 Å². The van der Waals surface area contributed by atoms with E-state index in [1.54, 1.807) is 18.5 Å². The average molecular weight is 424 g/mol. The molecule has 0 saturated carbocycles. The topological polar surface area (TPSA) is 78.0 Å². The SMILES string of the molecule is Cn1c(-c2cccnc2)nc2oc(C=C3C(=O)c4cc(Cl)c(Cl)cc4C3=O)cc21.